The summed E-state index contributed by atoms with van der Waals surface area (Å²) in [7, 11) is 1.67. The number of fused-ring (bicyclic) bond motifs is 1. The Morgan fingerprint density at radius 2 is 1.75 bits per heavy atom. The zero-order valence-corrected chi connectivity index (χ0v) is 28.4. The third-order valence-electron chi connectivity index (χ3n) is 8.41. The van der Waals surface area contributed by atoms with E-state index < -0.39 is 0 Å². The summed E-state index contributed by atoms with van der Waals surface area (Å²) in [5.41, 5.74) is 3.07. The number of aliphatic hydroxyl groups is 1. The molecule has 0 unspecified atom stereocenters. The summed E-state index contributed by atoms with van der Waals surface area (Å²) < 4.78 is 18.3. The molecule has 3 aromatic rings. The molecular formula is C39H49N3O6. The summed E-state index contributed by atoms with van der Waals surface area (Å²) in [6.45, 7) is 6.53. The van der Waals surface area contributed by atoms with Crippen molar-refractivity contribution in [3.05, 3.63) is 101 Å². The van der Waals surface area contributed by atoms with Gasteiger partial charge in [-0.15, -0.1) is 0 Å². The van der Waals surface area contributed by atoms with Crippen molar-refractivity contribution in [3.8, 4) is 11.5 Å². The Morgan fingerprint density at radius 1 is 1.02 bits per heavy atom. The van der Waals surface area contributed by atoms with Crippen LogP contribution in [-0.4, -0.2) is 66.1 Å². The lowest BCUT2D eigenvalue weighted by atomic mass is 10.1. The number of pyridine rings is 1. The highest BCUT2D eigenvalue weighted by Crippen LogP contribution is 2.33. The summed E-state index contributed by atoms with van der Waals surface area (Å²) in [5, 5.41) is 11.6. The summed E-state index contributed by atoms with van der Waals surface area (Å²) in [4.78, 5) is 28.4. The second kappa shape index (κ2) is 19.4. The molecule has 1 saturated heterocycles. The van der Waals surface area contributed by atoms with Crippen LogP contribution in [0, 0.1) is 0 Å². The van der Waals surface area contributed by atoms with E-state index in [0.29, 0.717) is 47.6 Å². The van der Waals surface area contributed by atoms with Crippen LogP contribution in [0.2, 0.25) is 0 Å². The number of nitrogens with zero attached hydrogens (tertiary/aromatic N) is 2. The maximum absolute atomic E-state index is 12.4. The van der Waals surface area contributed by atoms with Gasteiger partial charge in [0, 0.05) is 41.5 Å². The predicted octanol–water partition coefficient (Wildman–Crippen LogP) is 7.57. The van der Waals surface area contributed by atoms with E-state index in [4.69, 9.17) is 24.1 Å². The van der Waals surface area contributed by atoms with E-state index in [1.807, 2.05) is 60.7 Å². The lowest BCUT2D eigenvalue weighted by Crippen LogP contribution is -2.33. The molecule has 9 heteroatoms. The normalized spacial score (nSPS) is 17.2. The van der Waals surface area contributed by atoms with E-state index in [1.165, 1.54) is 26.2 Å². The molecule has 2 aliphatic carbocycles. The van der Waals surface area contributed by atoms with Crippen LogP contribution in [-0.2, 0) is 20.7 Å². The number of hydrogen-bond donors (Lipinski definition) is 2. The summed E-state index contributed by atoms with van der Waals surface area (Å²) in [6.07, 6.45) is 15.2. The highest BCUT2D eigenvalue weighted by molar-refractivity contribution is 6.04. The van der Waals surface area contributed by atoms with Crippen LogP contribution in [0.25, 0.3) is 6.08 Å². The van der Waals surface area contributed by atoms with Gasteiger partial charge in [0.1, 0.15) is 24.4 Å². The van der Waals surface area contributed by atoms with Crippen molar-refractivity contribution in [1.29, 1.82) is 0 Å². The fourth-order valence-electron chi connectivity index (χ4n) is 5.98. The average molecular weight is 656 g/mol. The van der Waals surface area contributed by atoms with Gasteiger partial charge in [0.05, 0.1) is 18.9 Å². The van der Waals surface area contributed by atoms with Gasteiger partial charge < -0.3 is 29.4 Å². The molecular weight excluding hydrogens is 606 g/mol. The van der Waals surface area contributed by atoms with Crippen molar-refractivity contribution >= 4 is 24.0 Å². The molecule has 3 aliphatic rings. The highest BCUT2D eigenvalue weighted by atomic mass is 16.5. The molecule has 256 valence electrons. The second-order valence-electron chi connectivity index (χ2n) is 11.9. The standard InChI is InChI=1S/C32H35N3O4.C5H10O.C2H4O/c1-3-19-35-20-7-10-25(35)22-38-31-21-28-27(15-16-30(31)37-2)29(17-18-33-28)39-26-13-11-24(12-14-26)34-32(36)23-8-5-4-6-9-23;6-5-3-1-2-4-5;1-2-3/h4-6,8-9,11-14,16-18,21,25H,3,7,10,15,19-20,22H2,1-2H3,(H,34,36);5-6H,1-4H2;2H,1H3/t25-;;/m0../s1. The molecule has 0 radical (unpaired) electrons. The zero-order valence-electron chi connectivity index (χ0n) is 28.4. The van der Waals surface area contributed by atoms with Crippen LogP contribution >= 0.6 is 0 Å². The largest absolute Gasteiger partial charge is 0.493 e. The fraction of sp³-hybridized carbons (Fsp3) is 0.410. The number of nitrogens with one attached hydrogen (secondary N) is 1. The minimum atomic E-state index is -0.153. The van der Waals surface area contributed by atoms with E-state index in [2.05, 4.69) is 22.1 Å². The molecule has 2 fully saturated rings. The number of carbonyl (C=O) groups is 2. The molecule has 48 heavy (non-hydrogen) atoms. The van der Waals surface area contributed by atoms with Gasteiger partial charge in [-0.2, -0.15) is 0 Å². The lowest BCUT2D eigenvalue weighted by molar-refractivity contribution is -0.106. The Hall–Kier alpha value is -4.47. The number of aromatic nitrogens is 1. The quantitative estimate of drug-likeness (QED) is 0.215. The third-order valence-corrected chi connectivity index (χ3v) is 8.41. The van der Waals surface area contributed by atoms with Crippen molar-refractivity contribution in [2.24, 2.45) is 0 Å². The van der Waals surface area contributed by atoms with Gasteiger partial charge in [0.2, 0.25) is 0 Å². The van der Waals surface area contributed by atoms with Crippen molar-refractivity contribution in [1.82, 2.24) is 9.88 Å². The average Bonchev–Trinajstić information content (AvgIpc) is 3.73. The number of rotatable bonds is 10. The number of aliphatic hydroxyl groups excluding tert-OH is 1. The van der Waals surface area contributed by atoms with Crippen LogP contribution in [0.3, 0.4) is 0 Å². The maximum atomic E-state index is 12.4. The number of methoxy groups -OCH3 is 1. The Bertz CT molecular complexity index is 1500. The van der Waals surface area contributed by atoms with Gasteiger partial charge in [-0.25, -0.2) is 0 Å². The number of allylic oxidation sites excluding steroid dienone is 1. The van der Waals surface area contributed by atoms with Crippen molar-refractivity contribution in [3.63, 3.8) is 0 Å². The molecule has 2 aromatic carbocycles. The zero-order chi connectivity index (χ0) is 34.1. The number of anilines is 1. The summed E-state index contributed by atoms with van der Waals surface area (Å²) >= 11 is 0. The molecule has 1 atom stereocenters. The number of benzene rings is 2. The van der Waals surface area contributed by atoms with Crippen LogP contribution in [0.1, 0.15) is 80.4 Å². The number of hydrogen-bond acceptors (Lipinski definition) is 8. The first-order valence-corrected chi connectivity index (χ1v) is 17.0. The third kappa shape index (κ3) is 10.8. The van der Waals surface area contributed by atoms with Gasteiger partial charge in [-0.05, 0) is 101 Å². The SMILES string of the molecule is CC=O.CCCN1CCC[C@H]1COC1=Cc2nccc(Oc3ccc(NC(=O)c4ccccc4)cc3)c2CC=C1OC.OC1CCCC1. The molecule has 1 saturated carbocycles. The van der Waals surface area contributed by atoms with E-state index in [9.17, 15) is 4.79 Å². The van der Waals surface area contributed by atoms with E-state index in [-0.39, 0.29) is 12.0 Å². The number of amides is 1. The first-order chi connectivity index (χ1) is 23.4. The Morgan fingerprint density at radius 3 is 2.40 bits per heavy atom. The molecule has 0 spiro atoms. The van der Waals surface area contributed by atoms with Gasteiger partial charge in [0.25, 0.3) is 5.91 Å². The molecule has 1 aliphatic heterocycles. The molecule has 2 heterocycles. The van der Waals surface area contributed by atoms with Crippen LogP contribution < -0.4 is 10.1 Å². The molecule has 0 bridgehead atoms. The van der Waals surface area contributed by atoms with Crippen molar-refractivity contribution < 1.29 is 28.9 Å². The van der Waals surface area contributed by atoms with Crippen LogP contribution in [0.5, 0.6) is 11.5 Å². The van der Waals surface area contributed by atoms with E-state index in [1.54, 1.807) is 25.4 Å². The molecule has 1 aromatic heterocycles. The molecule has 9 nitrogen and oxygen atoms in total. The smallest absolute Gasteiger partial charge is 0.255 e. The van der Waals surface area contributed by atoms with Gasteiger partial charge in [-0.3, -0.25) is 14.7 Å². The number of ether oxygens (including phenoxy) is 3. The summed E-state index contributed by atoms with van der Waals surface area (Å²) in [6, 6.07) is 18.8. The van der Waals surface area contributed by atoms with E-state index in [0.717, 1.165) is 62.1 Å². The van der Waals surface area contributed by atoms with Gasteiger partial charge >= 0.3 is 0 Å². The molecule has 1 amide bonds. The van der Waals surface area contributed by atoms with Gasteiger partial charge in [-0.1, -0.05) is 38.0 Å². The summed E-state index contributed by atoms with van der Waals surface area (Å²) in [5.74, 6) is 2.63. The number of aldehydes is 1. The topological polar surface area (TPSA) is 110 Å². The highest BCUT2D eigenvalue weighted by Gasteiger charge is 2.26. The fourth-order valence-corrected chi connectivity index (χ4v) is 5.98. The van der Waals surface area contributed by atoms with Crippen molar-refractivity contribution in [2.45, 2.75) is 77.4 Å². The first-order valence-electron chi connectivity index (χ1n) is 17.0. The lowest BCUT2D eigenvalue weighted by Gasteiger charge is -2.24. The first kappa shape index (κ1) is 36.4. The van der Waals surface area contributed by atoms with Crippen LogP contribution in [0.4, 0.5) is 5.69 Å². The minimum Gasteiger partial charge on any atom is -0.493 e. The maximum Gasteiger partial charge on any atom is 0.255 e. The Balaban J connectivity index is 0.000000506. The van der Waals surface area contributed by atoms with Crippen molar-refractivity contribution in [2.75, 3.05) is 32.1 Å². The Labute approximate surface area is 284 Å². The van der Waals surface area contributed by atoms with E-state index >= 15 is 0 Å². The molecule has 6 rings (SSSR count). The van der Waals surface area contributed by atoms with Crippen LogP contribution in [0.15, 0.2) is 84.5 Å². The monoisotopic (exact) mass is 655 g/mol. The number of carbonyl (C=O) groups excluding carboxylic acids is 2. The van der Waals surface area contributed by atoms with Gasteiger partial charge in [0.15, 0.2) is 11.5 Å². The Kier molecular flexibility index (Phi) is 14.7. The predicted molar refractivity (Wildman–Crippen MR) is 189 cm³/mol. The molecule has 2 N–H and O–H groups in total. The second-order valence-corrected chi connectivity index (χ2v) is 11.9. The minimum absolute atomic E-state index is 0.0463. The number of likely N-dealkylation sites (tertiary alicyclic amines) is 1.